The topological polar surface area (TPSA) is 70.3 Å². The molecule has 3 aromatic rings. The number of carbonyl (C=O) groups is 1. The molecule has 2 N–H and O–H groups in total. The van der Waals surface area contributed by atoms with Crippen LogP contribution in [0.5, 0.6) is 0 Å². The lowest BCUT2D eigenvalue weighted by atomic mass is 10.2. The first-order valence-electron chi connectivity index (χ1n) is 7.51. The molecule has 124 valence electrons. The van der Waals surface area contributed by atoms with E-state index in [2.05, 4.69) is 20.7 Å². The summed E-state index contributed by atoms with van der Waals surface area (Å²) >= 11 is 5.84. The van der Waals surface area contributed by atoms with Crippen LogP contribution in [0.2, 0.25) is 5.02 Å². The smallest absolute Gasteiger partial charge is 0.262 e. The van der Waals surface area contributed by atoms with Gasteiger partial charge in [0.15, 0.2) is 18.2 Å². The number of halogens is 1. The molecule has 2 heterocycles. The summed E-state index contributed by atoms with van der Waals surface area (Å²) in [6, 6.07) is 17.8. The third-order valence-corrected chi connectivity index (χ3v) is 3.38. The molecule has 0 unspecified atom stereocenters. The molecule has 7 heteroatoms. The number of pyridine rings is 2. The van der Waals surface area contributed by atoms with Crippen LogP contribution >= 0.6 is 11.6 Å². The van der Waals surface area contributed by atoms with Crippen molar-refractivity contribution in [1.29, 1.82) is 0 Å². The number of carbonyl (C=O) groups excluding carboxylic acids is 1. The van der Waals surface area contributed by atoms with E-state index in [-0.39, 0.29) is 11.9 Å². The average molecular weight is 353 g/mol. The molecule has 0 fully saturated rings. The summed E-state index contributed by atoms with van der Waals surface area (Å²) in [6.07, 6.45) is 5.08. The Hall–Kier alpha value is -3.25. The highest BCUT2D eigenvalue weighted by Gasteiger charge is 2.12. The van der Waals surface area contributed by atoms with Gasteiger partial charge < -0.3 is 0 Å². The lowest BCUT2D eigenvalue weighted by Crippen LogP contribution is -2.53. The Morgan fingerprint density at radius 2 is 1.72 bits per heavy atom. The molecular formula is C18H15ClN5O+. The van der Waals surface area contributed by atoms with E-state index in [1.807, 2.05) is 24.3 Å². The van der Waals surface area contributed by atoms with E-state index < -0.39 is 0 Å². The van der Waals surface area contributed by atoms with E-state index in [1.54, 1.807) is 53.5 Å². The van der Waals surface area contributed by atoms with Crippen molar-refractivity contribution < 1.29 is 9.47 Å². The molecule has 0 spiro atoms. The second kappa shape index (κ2) is 8.03. The second-order valence-electron chi connectivity index (χ2n) is 5.01. The lowest BCUT2D eigenvalue weighted by Gasteiger charge is -2.07. The molecule has 0 saturated carbocycles. The Morgan fingerprint density at radius 1 is 1.00 bits per heavy atom. The van der Waals surface area contributed by atoms with Crippen LogP contribution in [0.25, 0.3) is 0 Å². The fourth-order valence-corrected chi connectivity index (χ4v) is 2.11. The molecule has 25 heavy (non-hydrogen) atoms. The highest BCUT2D eigenvalue weighted by Crippen LogP contribution is 2.12. The maximum absolute atomic E-state index is 12.4. The molecule has 0 saturated heterocycles. The molecule has 0 radical (unpaired) electrons. The van der Waals surface area contributed by atoms with Crippen LogP contribution in [0, 0.1) is 0 Å². The fourth-order valence-electron chi connectivity index (χ4n) is 1.99. The van der Waals surface area contributed by atoms with Gasteiger partial charge in [-0.05, 0) is 24.3 Å². The van der Waals surface area contributed by atoms with Crippen molar-refractivity contribution in [1.82, 2.24) is 10.3 Å². The number of hydrogen-bond donors (Lipinski definition) is 2. The van der Waals surface area contributed by atoms with Crippen molar-refractivity contribution in [2.75, 3.05) is 5.43 Å². The number of aromatic nitrogens is 2. The van der Waals surface area contributed by atoms with Gasteiger partial charge in [-0.15, -0.1) is 5.43 Å². The predicted octanol–water partition coefficient (Wildman–Crippen LogP) is 2.68. The van der Waals surface area contributed by atoms with Gasteiger partial charge in [0.05, 0.1) is 5.02 Å². The number of aliphatic imine (C=N–C) groups is 1. The Balaban J connectivity index is 1.85. The summed E-state index contributed by atoms with van der Waals surface area (Å²) in [5, 5.41) is 3.26. The van der Waals surface area contributed by atoms with Crippen molar-refractivity contribution in [3.63, 3.8) is 0 Å². The van der Waals surface area contributed by atoms with Gasteiger partial charge in [-0.1, -0.05) is 40.5 Å². The van der Waals surface area contributed by atoms with E-state index in [0.29, 0.717) is 16.4 Å². The van der Waals surface area contributed by atoms with Crippen LogP contribution in [-0.2, 0) is 0 Å². The van der Waals surface area contributed by atoms with Gasteiger partial charge >= 0.3 is 0 Å². The summed E-state index contributed by atoms with van der Waals surface area (Å²) in [5.74, 6) is 0.369. The number of nitrogens with zero attached hydrogens (tertiary/aromatic N) is 3. The van der Waals surface area contributed by atoms with Crippen molar-refractivity contribution in [2.24, 2.45) is 4.99 Å². The number of hydrogen-bond acceptors (Lipinski definition) is 3. The first kappa shape index (κ1) is 16.6. The van der Waals surface area contributed by atoms with Gasteiger partial charge in [-0.2, -0.15) is 4.99 Å². The Morgan fingerprint density at radius 3 is 2.40 bits per heavy atom. The summed E-state index contributed by atoms with van der Waals surface area (Å²) in [4.78, 5) is 20.9. The maximum atomic E-state index is 12.4. The molecule has 3 rings (SSSR count). The zero-order valence-electron chi connectivity index (χ0n) is 13.1. The van der Waals surface area contributed by atoms with E-state index in [4.69, 9.17) is 11.6 Å². The zero-order chi connectivity index (χ0) is 17.5. The van der Waals surface area contributed by atoms with E-state index >= 15 is 0 Å². The number of nitrogens with one attached hydrogen (secondary N) is 2. The minimum absolute atomic E-state index is 0.236. The molecule has 2 aromatic heterocycles. The largest absolute Gasteiger partial charge is 0.288 e. The van der Waals surface area contributed by atoms with Crippen molar-refractivity contribution in [3.05, 3.63) is 89.8 Å². The average Bonchev–Trinajstić information content (AvgIpc) is 2.65. The van der Waals surface area contributed by atoms with E-state index in [0.717, 1.165) is 0 Å². The summed E-state index contributed by atoms with van der Waals surface area (Å²) in [5.41, 5.74) is 3.53. The van der Waals surface area contributed by atoms with Gasteiger partial charge in [0.1, 0.15) is 0 Å². The zero-order valence-corrected chi connectivity index (χ0v) is 13.9. The predicted molar refractivity (Wildman–Crippen MR) is 96.2 cm³/mol. The van der Waals surface area contributed by atoms with E-state index in [9.17, 15) is 4.79 Å². The van der Waals surface area contributed by atoms with Gasteiger partial charge in [0.25, 0.3) is 11.9 Å². The van der Waals surface area contributed by atoms with Crippen LogP contribution in [-0.4, -0.2) is 16.9 Å². The molecule has 1 aromatic carbocycles. The van der Waals surface area contributed by atoms with Crippen LogP contribution in [0.15, 0.2) is 84.2 Å². The first-order chi connectivity index (χ1) is 12.2. The monoisotopic (exact) mass is 352 g/mol. The highest BCUT2D eigenvalue weighted by molar-refractivity contribution is 6.30. The maximum Gasteiger partial charge on any atom is 0.262 e. The quantitative estimate of drug-likeness (QED) is 0.432. The second-order valence-corrected chi connectivity index (χ2v) is 5.45. The standard InChI is InChI=1S/C18H14ClN5O/c19-15-9-10-16(20-13-15)21-18(23-24-11-5-2-6-12-24)22-17(25)14-7-3-1-4-8-14/h1-13H,(H-,20,21,22,23,25)/p+1. The molecule has 0 aliphatic heterocycles. The number of guanidine groups is 1. The third-order valence-electron chi connectivity index (χ3n) is 3.16. The Bertz CT molecular complexity index is 867. The minimum atomic E-state index is -0.280. The normalized spacial score (nSPS) is 11.0. The van der Waals surface area contributed by atoms with Crippen LogP contribution in [0.3, 0.4) is 0 Å². The van der Waals surface area contributed by atoms with Crippen molar-refractivity contribution in [3.8, 4) is 0 Å². The van der Waals surface area contributed by atoms with Crippen molar-refractivity contribution >= 4 is 29.3 Å². The van der Waals surface area contributed by atoms with Gasteiger partial charge in [0.2, 0.25) is 0 Å². The number of rotatable bonds is 3. The molecule has 0 atom stereocenters. The Labute approximate surface area is 149 Å². The minimum Gasteiger partial charge on any atom is -0.288 e. The van der Waals surface area contributed by atoms with Crippen LogP contribution < -0.4 is 15.4 Å². The third kappa shape index (κ3) is 4.86. The molecule has 0 aliphatic carbocycles. The number of benzene rings is 1. The molecular weight excluding hydrogens is 338 g/mol. The van der Waals surface area contributed by atoms with Crippen LogP contribution in [0.4, 0.5) is 5.82 Å². The first-order valence-corrected chi connectivity index (χ1v) is 7.88. The van der Waals surface area contributed by atoms with Gasteiger partial charge in [0, 0.05) is 23.9 Å². The highest BCUT2D eigenvalue weighted by atomic mass is 35.5. The van der Waals surface area contributed by atoms with Crippen molar-refractivity contribution in [2.45, 2.75) is 0 Å². The summed E-state index contributed by atoms with van der Waals surface area (Å²) in [6.45, 7) is 0. The molecule has 0 bridgehead atoms. The van der Waals surface area contributed by atoms with E-state index in [1.165, 1.54) is 6.20 Å². The molecule has 0 aliphatic rings. The van der Waals surface area contributed by atoms with Gasteiger partial charge in [-0.3, -0.25) is 10.1 Å². The molecule has 6 nitrogen and oxygen atoms in total. The van der Waals surface area contributed by atoms with Gasteiger partial charge in [-0.25, -0.2) is 4.98 Å². The van der Waals surface area contributed by atoms with Crippen LogP contribution in [0.1, 0.15) is 10.4 Å². The summed E-state index contributed by atoms with van der Waals surface area (Å²) < 4.78 is 1.67. The lowest BCUT2D eigenvalue weighted by molar-refractivity contribution is -0.640. The summed E-state index contributed by atoms with van der Waals surface area (Å²) in [7, 11) is 0. The number of amides is 1. The Kier molecular flexibility index (Phi) is 5.33. The molecule has 1 amide bonds. The fraction of sp³-hybridized carbons (Fsp3) is 0. The SMILES string of the molecule is O=C(NC(=Nc1ccc(Cl)cn1)N[n+]1ccccc1)c1ccccc1.